The van der Waals surface area contributed by atoms with E-state index in [1.54, 1.807) is 12.1 Å². The molecule has 1 heterocycles. The largest absolute Gasteiger partial charge is 0.374 e. The molecule has 1 amide bonds. The Balaban J connectivity index is 1.67. The van der Waals surface area contributed by atoms with Crippen molar-refractivity contribution < 1.29 is 13.9 Å². The Bertz CT molecular complexity index is 472. The number of carbonyl (C=O) groups excluding carboxylic acids is 1. The van der Waals surface area contributed by atoms with Gasteiger partial charge >= 0.3 is 0 Å². The second kappa shape index (κ2) is 5.92. The molecule has 0 bridgehead atoms. The van der Waals surface area contributed by atoms with Crippen LogP contribution in [0.5, 0.6) is 0 Å². The summed E-state index contributed by atoms with van der Waals surface area (Å²) in [7, 11) is 0. The van der Waals surface area contributed by atoms with Gasteiger partial charge in [-0.1, -0.05) is 25.0 Å². The number of hydrogen-bond acceptors (Lipinski definition) is 2. The summed E-state index contributed by atoms with van der Waals surface area (Å²) in [6.07, 6.45) is 5.04. The van der Waals surface area contributed by atoms with E-state index in [0.29, 0.717) is 19.6 Å². The molecule has 4 heteroatoms. The maximum atomic E-state index is 12.9. The van der Waals surface area contributed by atoms with Gasteiger partial charge in [-0.3, -0.25) is 4.79 Å². The van der Waals surface area contributed by atoms with Gasteiger partial charge in [0.05, 0.1) is 25.2 Å². The van der Waals surface area contributed by atoms with Gasteiger partial charge in [0.15, 0.2) is 0 Å². The van der Waals surface area contributed by atoms with Crippen molar-refractivity contribution in [3.63, 3.8) is 0 Å². The predicted molar refractivity (Wildman–Crippen MR) is 73.8 cm³/mol. The Morgan fingerprint density at radius 2 is 2.00 bits per heavy atom. The first-order chi connectivity index (χ1) is 9.74. The van der Waals surface area contributed by atoms with E-state index in [2.05, 4.69) is 0 Å². The van der Waals surface area contributed by atoms with E-state index in [9.17, 15) is 9.18 Å². The highest BCUT2D eigenvalue weighted by atomic mass is 19.1. The number of amides is 1. The highest BCUT2D eigenvalue weighted by Gasteiger charge is 2.36. The number of ether oxygens (including phenoxy) is 1. The molecule has 1 saturated carbocycles. The van der Waals surface area contributed by atoms with Crippen molar-refractivity contribution in [1.82, 2.24) is 4.90 Å². The van der Waals surface area contributed by atoms with Crippen molar-refractivity contribution in [2.75, 3.05) is 13.2 Å². The van der Waals surface area contributed by atoms with Crippen molar-refractivity contribution >= 4 is 5.91 Å². The molecule has 0 spiro atoms. The van der Waals surface area contributed by atoms with E-state index in [1.807, 2.05) is 4.90 Å². The number of carbonyl (C=O) groups is 1. The van der Waals surface area contributed by atoms with Crippen LogP contribution in [0.3, 0.4) is 0 Å². The summed E-state index contributed by atoms with van der Waals surface area (Å²) in [6, 6.07) is 6.43. The minimum absolute atomic E-state index is 0.136. The summed E-state index contributed by atoms with van der Waals surface area (Å²) in [5.41, 5.74) is 0.871. The number of morpholine rings is 1. The van der Waals surface area contributed by atoms with Crippen molar-refractivity contribution in [1.29, 1.82) is 0 Å². The number of hydrogen-bond donors (Lipinski definition) is 0. The van der Waals surface area contributed by atoms with Crippen LogP contribution >= 0.6 is 0 Å². The van der Waals surface area contributed by atoms with Crippen LogP contribution in [0.2, 0.25) is 0 Å². The SMILES string of the molecule is O=C(Cc1ccc(F)cc1)N1CCO[C@H]2CCCC[C@@H]21. The third-order valence-electron chi connectivity index (χ3n) is 4.32. The normalized spacial score (nSPS) is 26.1. The topological polar surface area (TPSA) is 29.5 Å². The zero-order chi connectivity index (χ0) is 13.9. The van der Waals surface area contributed by atoms with Gasteiger partial charge in [-0.25, -0.2) is 4.39 Å². The van der Waals surface area contributed by atoms with Gasteiger partial charge in [0.2, 0.25) is 5.91 Å². The molecule has 2 atom stereocenters. The minimum Gasteiger partial charge on any atom is -0.374 e. The first-order valence-corrected chi connectivity index (χ1v) is 7.39. The quantitative estimate of drug-likeness (QED) is 0.831. The number of nitrogens with zero attached hydrogens (tertiary/aromatic N) is 1. The van der Waals surface area contributed by atoms with Crippen molar-refractivity contribution in [2.45, 2.75) is 44.2 Å². The lowest BCUT2D eigenvalue weighted by Gasteiger charge is -2.43. The summed E-state index contributed by atoms with van der Waals surface area (Å²) in [5, 5.41) is 0. The Labute approximate surface area is 118 Å². The third-order valence-corrected chi connectivity index (χ3v) is 4.32. The fourth-order valence-corrected chi connectivity index (χ4v) is 3.28. The molecule has 1 aliphatic carbocycles. The van der Waals surface area contributed by atoms with Crippen LogP contribution in [-0.4, -0.2) is 36.1 Å². The van der Waals surface area contributed by atoms with E-state index in [4.69, 9.17) is 4.74 Å². The second-order valence-electron chi connectivity index (χ2n) is 5.65. The number of benzene rings is 1. The van der Waals surface area contributed by atoms with Crippen LogP contribution in [0.4, 0.5) is 4.39 Å². The van der Waals surface area contributed by atoms with Gasteiger partial charge in [0.25, 0.3) is 0 Å². The van der Waals surface area contributed by atoms with Crippen LogP contribution in [0.15, 0.2) is 24.3 Å². The van der Waals surface area contributed by atoms with Crippen LogP contribution in [0.1, 0.15) is 31.2 Å². The van der Waals surface area contributed by atoms with Gasteiger partial charge in [-0.2, -0.15) is 0 Å². The Morgan fingerprint density at radius 1 is 1.25 bits per heavy atom. The van der Waals surface area contributed by atoms with Crippen molar-refractivity contribution in [3.05, 3.63) is 35.6 Å². The molecule has 0 N–H and O–H groups in total. The van der Waals surface area contributed by atoms with Crippen LogP contribution in [-0.2, 0) is 16.0 Å². The molecule has 1 aliphatic heterocycles. The molecular formula is C16H20FNO2. The maximum absolute atomic E-state index is 12.9. The molecule has 0 aromatic heterocycles. The predicted octanol–water partition coefficient (Wildman–Crippen LogP) is 2.54. The molecular weight excluding hydrogens is 257 g/mol. The van der Waals surface area contributed by atoms with Gasteiger partial charge in [-0.05, 0) is 30.5 Å². The van der Waals surface area contributed by atoms with E-state index in [-0.39, 0.29) is 23.9 Å². The molecule has 2 aliphatic rings. The lowest BCUT2D eigenvalue weighted by molar-refractivity contribution is -0.148. The van der Waals surface area contributed by atoms with Crippen LogP contribution < -0.4 is 0 Å². The van der Waals surface area contributed by atoms with Gasteiger partial charge in [-0.15, -0.1) is 0 Å². The van der Waals surface area contributed by atoms with Crippen LogP contribution in [0.25, 0.3) is 0 Å². The molecule has 20 heavy (non-hydrogen) atoms. The van der Waals surface area contributed by atoms with Gasteiger partial charge in [0.1, 0.15) is 5.82 Å². The fourth-order valence-electron chi connectivity index (χ4n) is 3.28. The maximum Gasteiger partial charge on any atom is 0.227 e. The van der Waals surface area contributed by atoms with E-state index >= 15 is 0 Å². The molecule has 2 fully saturated rings. The van der Waals surface area contributed by atoms with Gasteiger partial charge in [0, 0.05) is 6.54 Å². The van der Waals surface area contributed by atoms with Crippen molar-refractivity contribution in [3.8, 4) is 0 Å². The monoisotopic (exact) mass is 277 g/mol. The molecule has 1 aromatic carbocycles. The first kappa shape index (κ1) is 13.6. The van der Waals surface area contributed by atoms with Crippen LogP contribution in [0, 0.1) is 5.82 Å². The Kier molecular flexibility index (Phi) is 4.01. The highest BCUT2D eigenvalue weighted by molar-refractivity contribution is 5.79. The molecule has 108 valence electrons. The van der Waals surface area contributed by atoms with Gasteiger partial charge < -0.3 is 9.64 Å². The number of fused-ring (bicyclic) bond motifs is 1. The smallest absolute Gasteiger partial charge is 0.227 e. The molecule has 1 saturated heterocycles. The zero-order valence-corrected chi connectivity index (χ0v) is 11.6. The first-order valence-electron chi connectivity index (χ1n) is 7.39. The third kappa shape index (κ3) is 2.85. The molecule has 3 rings (SSSR count). The van der Waals surface area contributed by atoms with E-state index < -0.39 is 0 Å². The summed E-state index contributed by atoms with van der Waals surface area (Å²) < 4.78 is 18.7. The Morgan fingerprint density at radius 3 is 2.80 bits per heavy atom. The average Bonchev–Trinajstić information content (AvgIpc) is 2.49. The number of halogens is 1. The Hall–Kier alpha value is -1.42. The highest BCUT2D eigenvalue weighted by Crippen LogP contribution is 2.28. The number of rotatable bonds is 2. The summed E-state index contributed by atoms with van der Waals surface area (Å²) in [6.45, 7) is 1.32. The zero-order valence-electron chi connectivity index (χ0n) is 11.6. The minimum atomic E-state index is -0.264. The standard InChI is InChI=1S/C16H20FNO2/c17-13-7-5-12(6-8-13)11-16(19)18-9-10-20-15-4-2-1-3-14(15)18/h5-8,14-15H,1-4,9-11H2/t14-,15-/m0/s1. The fraction of sp³-hybridized carbons (Fsp3) is 0.562. The molecule has 3 nitrogen and oxygen atoms in total. The summed E-state index contributed by atoms with van der Waals surface area (Å²) >= 11 is 0. The van der Waals surface area contributed by atoms with Crippen molar-refractivity contribution in [2.24, 2.45) is 0 Å². The summed E-state index contributed by atoms with van der Waals surface area (Å²) in [5.74, 6) is -0.128. The average molecular weight is 277 g/mol. The second-order valence-corrected chi connectivity index (χ2v) is 5.65. The molecule has 0 unspecified atom stereocenters. The summed E-state index contributed by atoms with van der Waals surface area (Å²) in [4.78, 5) is 14.5. The molecule has 1 aromatic rings. The lowest BCUT2D eigenvalue weighted by Crippen LogP contribution is -2.55. The molecule has 0 radical (unpaired) electrons. The van der Waals surface area contributed by atoms with E-state index in [0.717, 1.165) is 18.4 Å². The van der Waals surface area contributed by atoms with E-state index in [1.165, 1.54) is 25.0 Å². The lowest BCUT2D eigenvalue weighted by atomic mass is 9.90.